The van der Waals surface area contributed by atoms with Gasteiger partial charge in [0.25, 0.3) is 0 Å². The van der Waals surface area contributed by atoms with E-state index >= 15 is 4.39 Å². The number of nitrogens with zero attached hydrogens (tertiary/aromatic N) is 1. The number of fused-ring (bicyclic) bond motifs is 1. The van der Waals surface area contributed by atoms with Crippen molar-refractivity contribution in [2.75, 3.05) is 52.6 Å². The summed E-state index contributed by atoms with van der Waals surface area (Å²) in [6.45, 7) is 4.51. The number of carbonyl (C=O) groups excluding carboxylic acids is 1. The second-order valence-electron chi connectivity index (χ2n) is 11.8. The zero-order valence-corrected chi connectivity index (χ0v) is 22.5. The normalized spacial score (nSPS) is 40.1. The van der Waals surface area contributed by atoms with Crippen LogP contribution in [0.4, 0.5) is 4.39 Å². The predicted molar refractivity (Wildman–Crippen MR) is 139 cm³/mol. The third kappa shape index (κ3) is 7.33. The molecule has 5 aliphatic rings. The van der Waals surface area contributed by atoms with E-state index in [9.17, 15) is 9.90 Å². The summed E-state index contributed by atoms with van der Waals surface area (Å²) in [6.07, 6.45) is 4.62. The van der Waals surface area contributed by atoms with E-state index in [0.29, 0.717) is 38.9 Å². The number of hydrogen-bond donors (Lipinski definition) is 5. The molecule has 0 aromatic heterocycles. The minimum absolute atomic E-state index is 0.00341. The Hall–Kier alpha value is -0.590. The van der Waals surface area contributed by atoms with Crippen molar-refractivity contribution in [2.45, 2.75) is 87.0 Å². The van der Waals surface area contributed by atoms with E-state index < -0.39 is 12.3 Å². The molecule has 2 saturated carbocycles. The fourth-order valence-electron chi connectivity index (χ4n) is 6.64. The van der Waals surface area contributed by atoms with E-state index in [1.165, 1.54) is 19.3 Å². The molecule has 212 valence electrons. The van der Waals surface area contributed by atoms with Gasteiger partial charge in [-0.15, -0.1) is 11.6 Å². The van der Waals surface area contributed by atoms with Gasteiger partial charge in [-0.3, -0.25) is 15.4 Å². The molecule has 3 saturated heterocycles. The van der Waals surface area contributed by atoms with Crippen LogP contribution in [0.3, 0.4) is 0 Å². The van der Waals surface area contributed by atoms with Crippen molar-refractivity contribution in [2.24, 2.45) is 17.8 Å². The molecule has 0 aromatic rings. The highest BCUT2D eigenvalue weighted by Crippen LogP contribution is 2.42. The van der Waals surface area contributed by atoms with Crippen LogP contribution < -0.4 is 21.3 Å². The van der Waals surface area contributed by atoms with Gasteiger partial charge in [0, 0.05) is 50.5 Å². The van der Waals surface area contributed by atoms with E-state index in [-0.39, 0.29) is 54.0 Å². The molecule has 37 heavy (non-hydrogen) atoms. The van der Waals surface area contributed by atoms with E-state index in [1.807, 2.05) is 0 Å². The van der Waals surface area contributed by atoms with Gasteiger partial charge in [0.05, 0.1) is 43.2 Å². The number of ether oxygens (including phenoxy) is 2. The van der Waals surface area contributed by atoms with Crippen LogP contribution in [-0.4, -0.2) is 111 Å². The molecule has 1 amide bonds. The van der Waals surface area contributed by atoms with Gasteiger partial charge in [0.1, 0.15) is 6.17 Å². The number of halogens is 2. The monoisotopic (exact) mass is 545 g/mol. The highest BCUT2D eigenvalue weighted by Gasteiger charge is 2.47. The largest absolute Gasteiger partial charge is 0.390 e. The summed E-state index contributed by atoms with van der Waals surface area (Å²) in [6, 6.07) is 0.579. The fraction of sp³-hybridized carbons (Fsp3) is 0.962. The standard InChI is InChI=1S/C26H45ClFN5O4/c27-25-20-5-7-33(13-21(20)22(28)9-23(25)36-14-19-11-29-15-37-19)12-18(34)10-31-26(35)16-4-6-30-24(8-16)32-17-2-1-3-17/h16-25,29-30,32,34H,1-15H2,(H,31,35)/t16?,18-,19?,20?,21?,22?,23?,24?,25?/m0/s1. The Labute approximate surface area is 224 Å². The van der Waals surface area contributed by atoms with Crippen LogP contribution in [0, 0.1) is 17.8 Å². The van der Waals surface area contributed by atoms with Gasteiger partial charge in [-0.2, -0.15) is 0 Å². The summed E-state index contributed by atoms with van der Waals surface area (Å²) >= 11 is 6.80. The molecule has 3 aliphatic heterocycles. The molecular formula is C26H45ClFN5O4. The first-order valence-electron chi connectivity index (χ1n) is 14.4. The zero-order valence-electron chi connectivity index (χ0n) is 21.8. The first-order chi connectivity index (χ1) is 18.0. The molecule has 5 fully saturated rings. The molecule has 8 unspecified atom stereocenters. The van der Waals surface area contributed by atoms with Crippen molar-refractivity contribution >= 4 is 17.5 Å². The Morgan fingerprint density at radius 1 is 1.24 bits per heavy atom. The molecule has 9 atom stereocenters. The Kier molecular flexibility index (Phi) is 9.96. The van der Waals surface area contributed by atoms with Crippen LogP contribution in [0.1, 0.15) is 44.9 Å². The molecule has 0 radical (unpaired) electrons. The highest BCUT2D eigenvalue weighted by molar-refractivity contribution is 6.21. The first-order valence-corrected chi connectivity index (χ1v) is 14.8. The third-order valence-electron chi connectivity index (χ3n) is 9.07. The Bertz CT molecular complexity index is 746. The van der Waals surface area contributed by atoms with Gasteiger partial charge in [-0.1, -0.05) is 6.42 Å². The second kappa shape index (κ2) is 13.2. The number of β-amino-alcohol motifs (C(OH)–C–C–N with tert-alkyl or cyclic N) is 1. The van der Waals surface area contributed by atoms with Crippen LogP contribution >= 0.6 is 11.6 Å². The third-order valence-corrected chi connectivity index (χ3v) is 9.68. The average molecular weight is 546 g/mol. The number of amides is 1. The summed E-state index contributed by atoms with van der Waals surface area (Å²) < 4.78 is 26.7. The summed E-state index contributed by atoms with van der Waals surface area (Å²) in [5.41, 5.74) is 0. The van der Waals surface area contributed by atoms with Crippen LogP contribution in [-0.2, 0) is 14.3 Å². The number of piperidine rings is 2. The van der Waals surface area contributed by atoms with E-state index in [2.05, 4.69) is 26.2 Å². The summed E-state index contributed by atoms with van der Waals surface area (Å²) in [5, 5.41) is 23.6. The molecule has 11 heteroatoms. The zero-order chi connectivity index (χ0) is 25.8. The summed E-state index contributed by atoms with van der Waals surface area (Å²) in [5.74, 6) is -0.112. The lowest BCUT2D eigenvalue weighted by atomic mass is 9.72. The Morgan fingerprint density at radius 2 is 2.11 bits per heavy atom. The van der Waals surface area contributed by atoms with Gasteiger partial charge in [0.2, 0.25) is 5.91 Å². The maximum atomic E-state index is 15.2. The van der Waals surface area contributed by atoms with Crippen LogP contribution in [0.5, 0.6) is 0 Å². The fourth-order valence-corrected chi connectivity index (χ4v) is 7.13. The van der Waals surface area contributed by atoms with E-state index in [4.69, 9.17) is 21.1 Å². The lowest BCUT2D eigenvalue weighted by molar-refractivity contribution is -0.126. The van der Waals surface area contributed by atoms with Crippen LogP contribution in [0.2, 0.25) is 0 Å². The smallest absolute Gasteiger partial charge is 0.223 e. The highest BCUT2D eigenvalue weighted by atomic mass is 35.5. The van der Waals surface area contributed by atoms with Gasteiger partial charge in [-0.05, 0) is 51.1 Å². The molecule has 2 aliphatic carbocycles. The maximum Gasteiger partial charge on any atom is 0.223 e. The van der Waals surface area contributed by atoms with Gasteiger partial charge >= 0.3 is 0 Å². The number of nitrogens with one attached hydrogen (secondary N) is 4. The molecule has 0 aromatic carbocycles. The van der Waals surface area contributed by atoms with Crippen molar-refractivity contribution in [3.63, 3.8) is 0 Å². The quantitative estimate of drug-likeness (QED) is 0.253. The first kappa shape index (κ1) is 28.0. The Morgan fingerprint density at radius 3 is 2.86 bits per heavy atom. The molecule has 0 spiro atoms. The summed E-state index contributed by atoms with van der Waals surface area (Å²) in [7, 11) is 0. The number of alkyl halides is 2. The predicted octanol–water partition coefficient (Wildman–Crippen LogP) is 0.550. The number of likely N-dealkylation sites (tertiary alicyclic amines) is 1. The maximum absolute atomic E-state index is 15.2. The SMILES string of the molecule is O=C(NC[C@H](O)CN1CCC2C(Cl)C(OCC3CNCO3)CC(F)C2C1)C1CCNC(NC2CCC2)C1. The number of hydrogen-bond acceptors (Lipinski definition) is 8. The summed E-state index contributed by atoms with van der Waals surface area (Å²) in [4.78, 5) is 14.9. The van der Waals surface area contributed by atoms with E-state index in [1.54, 1.807) is 0 Å². The van der Waals surface area contributed by atoms with Crippen molar-refractivity contribution < 1.29 is 23.8 Å². The molecule has 3 heterocycles. The molecule has 5 rings (SSSR count). The van der Waals surface area contributed by atoms with Crippen molar-refractivity contribution in [3.8, 4) is 0 Å². The van der Waals surface area contributed by atoms with Crippen molar-refractivity contribution in [3.05, 3.63) is 0 Å². The van der Waals surface area contributed by atoms with Gasteiger partial charge < -0.3 is 30.1 Å². The molecule has 0 bridgehead atoms. The lowest BCUT2D eigenvalue weighted by Crippen LogP contribution is -2.56. The number of carbonyl (C=O) groups is 1. The lowest BCUT2D eigenvalue weighted by Gasteiger charge is -2.48. The van der Waals surface area contributed by atoms with Gasteiger partial charge in [-0.25, -0.2) is 4.39 Å². The van der Waals surface area contributed by atoms with Crippen LogP contribution in [0.15, 0.2) is 0 Å². The van der Waals surface area contributed by atoms with Crippen molar-refractivity contribution in [1.29, 1.82) is 0 Å². The molecule has 5 N–H and O–H groups in total. The van der Waals surface area contributed by atoms with Crippen molar-refractivity contribution in [1.82, 2.24) is 26.2 Å². The molecular weight excluding hydrogens is 501 g/mol. The number of aliphatic hydroxyl groups is 1. The Balaban J connectivity index is 1.02. The minimum Gasteiger partial charge on any atom is -0.390 e. The molecule has 9 nitrogen and oxygen atoms in total. The topological polar surface area (TPSA) is 107 Å². The number of aliphatic hydroxyl groups excluding tert-OH is 1. The minimum atomic E-state index is -0.978. The number of rotatable bonds is 10. The van der Waals surface area contributed by atoms with Crippen LogP contribution in [0.25, 0.3) is 0 Å². The second-order valence-corrected chi connectivity index (χ2v) is 12.3. The van der Waals surface area contributed by atoms with E-state index in [0.717, 1.165) is 38.9 Å². The average Bonchev–Trinajstić information content (AvgIpc) is 3.40. The van der Waals surface area contributed by atoms with Gasteiger partial charge in [0.15, 0.2) is 0 Å².